The third-order valence-corrected chi connectivity index (χ3v) is 4.96. The first-order valence-electron chi connectivity index (χ1n) is 8.34. The molecule has 1 heterocycles. The normalized spacial score (nSPS) is 32.8. The van der Waals surface area contributed by atoms with Crippen LogP contribution in [0.1, 0.15) is 46.0 Å². The van der Waals surface area contributed by atoms with Crippen molar-refractivity contribution in [3.05, 3.63) is 0 Å². The van der Waals surface area contributed by atoms with Gasteiger partial charge < -0.3 is 14.8 Å². The summed E-state index contributed by atoms with van der Waals surface area (Å²) in [5, 5.41) is 3.38. The van der Waals surface area contributed by atoms with Gasteiger partial charge in [-0.3, -0.25) is 9.69 Å². The van der Waals surface area contributed by atoms with Crippen molar-refractivity contribution < 1.29 is 14.3 Å². The molecule has 2 rings (SSSR count). The van der Waals surface area contributed by atoms with Crippen molar-refractivity contribution in [3.63, 3.8) is 0 Å². The van der Waals surface area contributed by atoms with Crippen LogP contribution in [0.25, 0.3) is 0 Å². The van der Waals surface area contributed by atoms with E-state index in [1.165, 1.54) is 20.0 Å². The molecule has 0 bridgehead atoms. The van der Waals surface area contributed by atoms with Crippen LogP contribution in [0.15, 0.2) is 0 Å². The highest BCUT2D eigenvalue weighted by atomic mass is 16.5. The number of esters is 1. The van der Waals surface area contributed by atoms with Crippen molar-refractivity contribution in [3.8, 4) is 0 Å². The summed E-state index contributed by atoms with van der Waals surface area (Å²) < 4.78 is 10.8. The van der Waals surface area contributed by atoms with E-state index in [1.54, 1.807) is 0 Å². The van der Waals surface area contributed by atoms with E-state index in [2.05, 4.69) is 17.1 Å². The van der Waals surface area contributed by atoms with Gasteiger partial charge in [-0.1, -0.05) is 13.8 Å². The minimum absolute atomic E-state index is 0.111. The Hall–Kier alpha value is -0.650. The zero-order valence-electron chi connectivity index (χ0n) is 13.7. The second kappa shape index (κ2) is 7.56. The van der Waals surface area contributed by atoms with Crippen molar-refractivity contribution in [1.29, 1.82) is 0 Å². The zero-order chi connectivity index (χ0) is 15.3. The van der Waals surface area contributed by atoms with Crippen molar-refractivity contribution in [2.45, 2.75) is 63.6 Å². The van der Waals surface area contributed by atoms with E-state index in [9.17, 15) is 4.79 Å². The average Bonchev–Trinajstić information content (AvgIpc) is 3.14. The Kier molecular flexibility index (Phi) is 6.02. The number of nitrogens with zero attached hydrogens (tertiary/aromatic N) is 1. The van der Waals surface area contributed by atoms with Gasteiger partial charge in [-0.2, -0.15) is 0 Å². The van der Waals surface area contributed by atoms with Crippen LogP contribution >= 0.6 is 0 Å². The molecular formula is C16H30N2O3. The first kappa shape index (κ1) is 16.7. The summed E-state index contributed by atoms with van der Waals surface area (Å²) in [6.07, 6.45) is 5.46. The molecule has 5 nitrogen and oxygen atoms in total. The number of methoxy groups -OCH3 is 1. The lowest BCUT2D eigenvalue weighted by molar-refractivity contribution is -0.148. The molecule has 2 fully saturated rings. The van der Waals surface area contributed by atoms with Crippen molar-refractivity contribution in [2.24, 2.45) is 0 Å². The topological polar surface area (TPSA) is 50.8 Å². The maximum absolute atomic E-state index is 12.2. The van der Waals surface area contributed by atoms with Crippen LogP contribution in [0, 0.1) is 0 Å². The Balaban J connectivity index is 1.98. The molecule has 1 saturated carbocycles. The van der Waals surface area contributed by atoms with Crippen LogP contribution in [0.2, 0.25) is 0 Å². The molecule has 0 aromatic rings. The molecule has 2 aliphatic rings. The molecule has 1 aliphatic heterocycles. The Morgan fingerprint density at radius 2 is 2.24 bits per heavy atom. The SMILES string of the molecule is CCNC1(C(=O)OC)CCC(N(CC)CC2CCCO2)C1. The highest BCUT2D eigenvalue weighted by Gasteiger charge is 2.47. The standard InChI is InChI=1S/C16H30N2O3/c1-4-17-16(15(19)20-3)9-8-13(11-16)18(5-2)12-14-7-6-10-21-14/h13-14,17H,4-12H2,1-3H3. The number of likely N-dealkylation sites (N-methyl/N-ethyl adjacent to an activating group) is 2. The van der Waals surface area contributed by atoms with Gasteiger partial charge in [0.25, 0.3) is 0 Å². The lowest BCUT2D eigenvalue weighted by Gasteiger charge is -2.32. The van der Waals surface area contributed by atoms with E-state index in [1.807, 2.05) is 6.92 Å². The fourth-order valence-corrected chi connectivity index (χ4v) is 3.87. The van der Waals surface area contributed by atoms with Gasteiger partial charge >= 0.3 is 5.97 Å². The van der Waals surface area contributed by atoms with E-state index in [0.717, 1.165) is 45.5 Å². The van der Waals surface area contributed by atoms with Crippen molar-refractivity contribution >= 4 is 5.97 Å². The summed E-state index contributed by atoms with van der Waals surface area (Å²) in [6.45, 7) is 7.93. The minimum Gasteiger partial charge on any atom is -0.468 e. The molecule has 0 spiro atoms. The fourth-order valence-electron chi connectivity index (χ4n) is 3.87. The van der Waals surface area contributed by atoms with Crippen LogP contribution in [0.5, 0.6) is 0 Å². The summed E-state index contributed by atoms with van der Waals surface area (Å²) in [5.41, 5.74) is -0.488. The van der Waals surface area contributed by atoms with Gasteiger partial charge in [-0.05, 0) is 45.2 Å². The predicted molar refractivity (Wildman–Crippen MR) is 82.3 cm³/mol. The van der Waals surface area contributed by atoms with Crippen LogP contribution < -0.4 is 5.32 Å². The number of hydrogen-bond donors (Lipinski definition) is 1. The zero-order valence-corrected chi connectivity index (χ0v) is 13.7. The van der Waals surface area contributed by atoms with Crippen LogP contribution in [0.4, 0.5) is 0 Å². The van der Waals surface area contributed by atoms with Gasteiger partial charge in [0.2, 0.25) is 0 Å². The van der Waals surface area contributed by atoms with Gasteiger partial charge in [-0.25, -0.2) is 0 Å². The highest BCUT2D eigenvalue weighted by molar-refractivity contribution is 5.81. The van der Waals surface area contributed by atoms with Gasteiger partial charge in [0, 0.05) is 19.2 Å². The quantitative estimate of drug-likeness (QED) is 0.723. The Morgan fingerprint density at radius 3 is 2.81 bits per heavy atom. The Labute approximate surface area is 128 Å². The van der Waals surface area contributed by atoms with Crippen LogP contribution in [0.3, 0.4) is 0 Å². The molecule has 3 unspecified atom stereocenters. The smallest absolute Gasteiger partial charge is 0.326 e. The van der Waals surface area contributed by atoms with Gasteiger partial charge in [-0.15, -0.1) is 0 Å². The van der Waals surface area contributed by atoms with Gasteiger partial charge in [0.15, 0.2) is 0 Å². The highest BCUT2D eigenvalue weighted by Crippen LogP contribution is 2.34. The molecule has 1 saturated heterocycles. The largest absolute Gasteiger partial charge is 0.468 e. The number of ether oxygens (including phenoxy) is 2. The Bertz CT molecular complexity index is 344. The fraction of sp³-hybridized carbons (Fsp3) is 0.938. The summed E-state index contributed by atoms with van der Waals surface area (Å²) in [5.74, 6) is -0.111. The molecule has 21 heavy (non-hydrogen) atoms. The summed E-state index contributed by atoms with van der Waals surface area (Å²) in [6, 6.07) is 0.442. The maximum Gasteiger partial charge on any atom is 0.326 e. The second-order valence-corrected chi connectivity index (χ2v) is 6.22. The summed E-state index contributed by atoms with van der Waals surface area (Å²) in [7, 11) is 1.48. The van der Waals surface area contributed by atoms with Crippen LogP contribution in [-0.4, -0.2) is 61.9 Å². The van der Waals surface area contributed by atoms with Crippen molar-refractivity contribution in [1.82, 2.24) is 10.2 Å². The monoisotopic (exact) mass is 298 g/mol. The van der Waals surface area contributed by atoms with E-state index >= 15 is 0 Å². The maximum atomic E-state index is 12.2. The van der Waals surface area contributed by atoms with E-state index in [4.69, 9.17) is 9.47 Å². The Morgan fingerprint density at radius 1 is 1.43 bits per heavy atom. The first-order valence-corrected chi connectivity index (χ1v) is 8.34. The second-order valence-electron chi connectivity index (χ2n) is 6.22. The summed E-state index contributed by atoms with van der Waals surface area (Å²) in [4.78, 5) is 14.7. The molecule has 1 N–H and O–H groups in total. The lowest BCUT2D eigenvalue weighted by Crippen LogP contribution is -2.52. The number of rotatable bonds is 7. The molecular weight excluding hydrogens is 268 g/mol. The molecule has 0 aromatic heterocycles. The first-order chi connectivity index (χ1) is 10.1. The number of nitrogens with one attached hydrogen (secondary N) is 1. The molecule has 0 radical (unpaired) electrons. The van der Waals surface area contributed by atoms with E-state index < -0.39 is 5.54 Å². The molecule has 0 aromatic carbocycles. The average molecular weight is 298 g/mol. The molecule has 1 aliphatic carbocycles. The molecule has 0 amide bonds. The van der Waals surface area contributed by atoms with E-state index in [0.29, 0.717) is 12.1 Å². The van der Waals surface area contributed by atoms with Crippen molar-refractivity contribution in [2.75, 3.05) is 33.4 Å². The molecule has 3 atom stereocenters. The van der Waals surface area contributed by atoms with Crippen LogP contribution in [-0.2, 0) is 14.3 Å². The van der Waals surface area contributed by atoms with Gasteiger partial charge in [0.1, 0.15) is 5.54 Å². The number of carbonyl (C=O) groups excluding carboxylic acids is 1. The lowest BCUT2D eigenvalue weighted by atomic mass is 9.97. The van der Waals surface area contributed by atoms with E-state index in [-0.39, 0.29) is 5.97 Å². The third kappa shape index (κ3) is 3.76. The molecule has 122 valence electrons. The van der Waals surface area contributed by atoms with Gasteiger partial charge in [0.05, 0.1) is 13.2 Å². The third-order valence-electron chi connectivity index (χ3n) is 4.96. The predicted octanol–water partition coefficient (Wildman–Crippen LogP) is 1.56. The molecule has 5 heteroatoms. The summed E-state index contributed by atoms with van der Waals surface area (Å²) >= 11 is 0. The minimum atomic E-state index is -0.488. The number of hydrogen-bond acceptors (Lipinski definition) is 5. The number of carbonyl (C=O) groups is 1.